The van der Waals surface area contributed by atoms with Gasteiger partial charge < -0.3 is 19.8 Å². The number of hydrogen-bond donors (Lipinski definition) is 1. The lowest BCUT2D eigenvalue weighted by Gasteiger charge is -2.45. The zero-order chi connectivity index (χ0) is 20.7. The van der Waals surface area contributed by atoms with E-state index in [-0.39, 0.29) is 30.2 Å². The fourth-order valence-corrected chi connectivity index (χ4v) is 5.39. The third-order valence-corrected chi connectivity index (χ3v) is 6.87. The van der Waals surface area contributed by atoms with Crippen molar-refractivity contribution in [3.8, 4) is 0 Å². The number of fused-ring (bicyclic) bond motifs is 2. The highest BCUT2D eigenvalue weighted by molar-refractivity contribution is 6.36. The lowest BCUT2D eigenvalue weighted by molar-refractivity contribution is -0.145. The molecule has 1 aromatic carbocycles. The molecule has 156 valence electrons. The molecule has 3 atom stereocenters. The summed E-state index contributed by atoms with van der Waals surface area (Å²) in [7, 11) is 0. The maximum atomic E-state index is 13.3. The van der Waals surface area contributed by atoms with Crippen molar-refractivity contribution in [1.82, 2.24) is 14.7 Å². The lowest BCUT2D eigenvalue weighted by atomic mass is 9.84. The molecule has 7 nitrogen and oxygen atoms in total. The number of carbonyl (C=O) groups excluding carboxylic acids is 2. The first kappa shape index (κ1) is 20.3. The highest BCUT2D eigenvalue weighted by Crippen LogP contribution is 2.33. The predicted octanol–water partition coefficient (Wildman–Crippen LogP) is 2.94. The average molecular weight is 440 g/mol. The molecule has 0 aliphatic carbocycles. The molecule has 0 aromatic heterocycles. The summed E-state index contributed by atoms with van der Waals surface area (Å²) >= 11 is 12.5. The van der Waals surface area contributed by atoms with Crippen LogP contribution in [0.3, 0.4) is 0 Å². The summed E-state index contributed by atoms with van der Waals surface area (Å²) in [6, 6.07) is 4.67. The minimum absolute atomic E-state index is 0.0579. The Balaban J connectivity index is 1.48. The van der Waals surface area contributed by atoms with Crippen LogP contribution >= 0.6 is 23.2 Å². The van der Waals surface area contributed by atoms with Crippen LogP contribution in [0.2, 0.25) is 10.0 Å². The second-order valence-electron chi connectivity index (χ2n) is 8.17. The molecule has 9 heteroatoms. The second kappa shape index (κ2) is 8.03. The normalized spacial score (nSPS) is 26.8. The molecule has 29 heavy (non-hydrogen) atoms. The molecule has 0 spiro atoms. The van der Waals surface area contributed by atoms with Crippen molar-refractivity contribution in [2.24, 2.45) is 11.8 Å². The quantitative estimate of drug-likeness (QED) is 0.784. The second-order valence-corrected chi connectivity index (χ2v) is 8.99. The van der Waals surface area contributed by atoms with Gasteiger partial charge in [0.2, 0.25) is 11.8 Å². The van der Waals surface area contributed by atoms with E-state index in [9.17, 15) is 19.5 Å². The number of nitrogens with zero attached hydrogens (tertiary/aromatic N) is 3. The van der Waals surface area contributed by atoms with Crippen LogP contribution in [0.15, 0.2) is 18.2 Å². The number of halogens is 2. The molecule has 2 bridgehead atoms. The Bertz CT molecular complexity index is 815. The highest BCUT2D eigenvalue weighted by Gasteiger charge is 2.43. The van der Waals surface area contributed by atoms with Gasteiger partial charge in [0, 0.05) is 54.8 Å². The molecule has 4 rings (SSSR count). The van der Waals surface area contributed by atoms with E-state index in [1.54, 1.807) is 23.1 Å². The Labute approximate surface area is 179 Å². The van der Waals surface area contributed by atoms with Crippen LogP contribution in [-0.4, -0.2) is 69.9 Å². The van der Waals surface area contributed by atoms with E-state index in [0.29, 0.717) is 54.6 Å². The Hall–Kier alpha value is -1.99. The van der Waals surface area contributed by atoms with Gasteiger partial charge in [0.15, 0.2) is 0 Å². The molecular formula is C20H23Cl2N3O4. The van der Waals surface area contributed by atoms with Gasteiger partial charge in [0.1, 0.15) is 6.04 Å². The van der Waals surface area contributed by atoms with Gasteiger partial charge in [0.05, 0.1) is 0 Å². The van der Waals surface area contributed by atoms with E-state index in [2.05, 4.69) is 0 Å². The topological polar surface area (TPSA) is 81.2 Å². The van der Waals surface area contributed by atoms with Gasteiger partial charge in [-0.1, -0.05) is 29.3 Å². The molecule has 3 saturated heterocycles. The Morgan fingerprint density at radius 2 is 1.62 bits per heavy atom. The summed E-state index contributed by atoms with van der Waals surface area (Å²) < 4.78 is 0. The number of carbonyl (C=O) groups is 3. The Kier molecular flexibility index (Phi) is 5.62. The van der Waals surface area contributed by atoms with Gasteiger partial charge in [-0.25, -0.2) is 4.79 Å². The maximum absolute atomic E-state index is 13.3. The molecule has 3 amide bonds. The number of benzene rings is 1. The van der Waals surface area contributed by atoms with Gasteiger partial charge in [0.25, 0.3) is 0 Å². The van der Waals surface area contributed by atoms with Crippen LogP contribution in [-0.2, 0) is 16.1 Å². The van der Waals surface area contributed by atoms with E-state index in [0.717, 1.165) is 6.42 Å². The number of piperidine rings is 2. The first-order valence-corrected chi connectivity index (χ1v) is 10.6. The van der Waals surface area contributed by atoms with Crippen molar-refractivity contribution >= 4 is 41.1 Å². The van der Waals surface area contributed by atoms with Gasteiger partial charge in [-0.3, -0.25) is 9.59 Å². The maximum Gasteiger partial charge on any atom is 0.407 e. The monoisotopic (exact) mass is 439 g/mol. The number of carboxylic acid groups (broad SMARTS) is 1. The Morgan fingerprint density at radius 1 is 1.03 bits per heavy atom. The van der Waals surface area contributed by atoms with E-state index in [1.807, 2.05) is 4.90 Å². The van der Waals surface area contributed by atoms with Crippen molar-refractivity contribution in [1.29, 1.82) is 0 Å². The van der Waals surface area contributed by atoms with Crippen molar-refractivity contribution in [3.63, 3.8) is 0 Å². The summed E-state index contributed by atoms with van der Waals surface area (Å²) in [5, 5.41) is 10.2. The van der Waals surface area contributed by atoms with Gasteiger partial charge in [-0.05, 0) is 36.8 Å². The molecule has 3 aliphatic heterocycles. The third kappa shape index (κ3) is 4.03. The fourth-order valence-electron chi connectivity index (χ4n) is 4.87. The van der Waals surface area contributed by atoms with Crippen molar-refractivity contribution in [2.45, 2.75) is 31.8 Å². The van der Waals surface area contributed by atoms with Crippen LogP contribution in [0.1, 0.15) is 24.8 Å². The zero-order valence-electron chi connectivity index (χ0n) is 15.9. The number of rotatable bonds is 3. The van der Waals surface area contributed by atoms with Crippen molar-refractivity contribution < 1.29 is 19.5 Å². The number of likely N-dealkylation sites (tertiary alicyclic amines) is 3. The molecule has 3 heterocycles. The molecule has 0 saturated carbocycles. The van der Waals surface area contributed by atoms with Crippen LogP contribution in [0.25, 0.3) is 0 Å². The minimum Gasteiger partial charge on any atom is -0.465 e. The standard InChI is InChI=1S/C20H23Cl2N3O4/c21-15-2-1-3-16(22)14(15)11-25-17(4-5-18(25)26)19(27)23-7-12-6-13(8-23)10-24(9-12)20(28)29/h1-3,12-13,17H,4-11H2,(H,28,29). The van der Waals surface area contributed by atoms with Crippen LogP contribution < -0.4 is 0 Å². The first-order valence-electron chi connectivity index (χ1n) is 9.82. The number of hydrogen-bond acceptors (Lipinski definition) is 3. The molecule has 3 fully saturated rings. The van der Waals surface area contributed by atoms with E-state index in [1.165, 1.54) is 4.90 Å². The van der Waals surface area contributed by atoms with Crippen molar-refractivity contribution in [3.05, 3.63) is 33.8 Å². The largest absolute Gasteiger partial charge is 0.465 e. The molecular weight excluding hydrogens is 417 g/mol. The van der Waals surface area contributed by atoms with E-state index < -0.39 is 12.1 Å². The fraction of sp³-hybridized carbons (Fsp3) is 0.550. The van der Waals surface area contributed by atoms with Crippen LogP contribution in [0.5, 0.6) is 0 Å². The number of amides is 3. The molecule has 3 unspecified atom stereocenters. The van der Waals surface area contributed by atoms with Crippen LogP contribution in [0, 0.1) is 11.8 Å². The predicted molar refractivity (Wildman–Crippen MR) is 108 cm³/mol. The van der Waals surface area contributed by atoms with E-state index >= 15 is 0 Å². The molecule has 1 N–H and O–H groups in total. The van der Waals surface area contributed by atoms with Gasteiger partial charge in [-0.15, -0.1) is 0 Å². The molecule has 3 aliphatic rings. The first-order chi connectivity index (χ1) is 13.8. The minimum atomic E-state index is -0.899. The summed E-state index contributed by atoms with van der Waals surface area (Å²) in [4.78, 5) is 42.0. The summed E-state index contributed by atoms with van der Waals surface area (Å²) in [6.45, 7) is 2.19. The SMILES string of the molecule is O=C(O)N1CC2CC(C1)CN(C(=O)C1CCC(=O)N1Cc1c(Cl)cccc1Cl)C2. The highest BCUT2D eigenvalue weighted by atomic mass is 35.5. The van der Waals surface area contributed by atoms with Gasteiger partial charge >= 0.3 is 6.09 Å². The lowest BCUT2D eigenvalue weighted by Crippen LogP contribution is -2.57. The van der Waals surface area contributed by atoms with Crippen molar-refractivity contribution in [2.75, 3.05) is 26.2 Å². The summed E-state index contributed by atoms with van der Waals surface area (Å²) in [5.41, 5.74) is 0.650. The van der Waals surface area contributed by atoms with Crippen LogP contribution in [0.4, 0.5) is 4.79 Å². The zero-order valence-corrected chi connectivity index (χ0v) is 17.4. The third-order valence-electron chi connectivity index (χ3n) is 6.17. The molecule has 1 aromatic rings. The Morgan fingerprint density at radius 3 is 2.21 bits per heavy atom. The van der Waals surface area contributed by atoms with E-state index in [4.69, 9.17) is 23.2 Å². The van der Waals surface area contributed by atoms with Gasteiger partial charge in [-0.2, -0.15) is 0 Å². The molecule has 0 radical (unpaired) electrons. The average Bonchev–Trinajstić information content (AvgIpc) is 3.03. The summed E-state index contributed by atoms with van der Waals surface area (Å²) in [6.07, 6.45) is 0.846. The summed E-state index contributed by atoms with van der Waals surface area (Å²) in [5.74, 6) is 0.156. The smallest absolute Gasteiger partial charge is 0.407 e.